The molecule has 0 aromatic carbocycles. The minimum atomic E-state index is 0. The molecule has 0 aromatic rings. The van der Waals surface area contributed by atoms with Crippen molar-refractivity contribution in [2.75, 3.05) is 0 Å². The summed E-state index contributed by atoms with van der Waals surface area (Å²) in [4.78, 5) is 0. The van der Waals surface area contributed by atoms with E-state index >= 15 is 0 Å². The topological polar surface area (TPSA) is 0 Å². The molecule has 0 fully saturated rings. The van der Waals surface area contributed by atoms with E-state index in [1.54, 1.807) is 52.1 Å². The van der Waals surface area contributed by atoms with E-state index in [2.05, 4.69) is 38.2 Å². The Labute approximate surface area is 371 Å². The van der Waals surface area contributed by atoms with E-state index in [1.165, 1.54) is 25.8 Å². The minimum absolute atomic E-state index is 0. The van der Waals surface area contributed by atoms with Crippen molar-refractivity contribution in [1.29, 1.82) is 0 Å². The van der Waals surface area contributed by atoms with Gasteiger partial charge in [-0.15, -0.1) is 0 Å². The van der Waals surface area contributed by atoms with Gasteiger partial charge in [0.1, 0.15) is 0 Å². The Bertz CT molecular complexity index is 301. The van der Waals surface area contributed by atoms with Crippen LogP contribution in [-0.4, -0.2) is 12.2 Å². The Morgan fingerprint density at radius 3 is 1.04 bits per heavy atom. The Hall–Kier alpha value is 9.67. The molecule has 0 saturated carbocycles. The van der Waals surface area contributed by atoms with Gasteiger partial charge in [-0.05, 0) is 0 Å². The van der Waals surface area contributed by atoms with Gasteiger partial charge >= 0.3 is 128 Å². The number of hydrogen-bond donors (Lipinski definition) is 0. The minimum Gasteiger partial charge on any atom is 0 e. The van der Waals surface area contributed by atoms with Crippen LogP contribution in [-0.2, 0) is 311 Å². The maximum atomic E-state index is 3.11. The zero-order chi connectivity index (χ0) is 12.0. The van der Waals surface area contributed by atoms with Crippen LogP contribution in [0, 0.1) is 11.8 Å². The molecule has 0 aromatic heterocycles. The van der Waals surface area contributed by atoms with Crippen LogP contribution in [0.2, 0.25) is 0 Å². The molecule has 0 bridgehead atoms. The Morgan fingerprint density at radius 1 is 0.704 bits per heavy atom. The van der Waals surface area contributed by atoms with Crippen molar-refractivity contribution < 1.29 is 311 Å². The van der Waals surface area contributed by atoms with Gasteiger partial charge in [0.05, 0.1) is 0 Å². The molecule has 1 aliphatic carbocycles. The quantitative estimate of drug-likeness (QED) is 0.373. The van der Waals surface area contributed by atoms with Crippen molar-refractivity contribution >= 4 is 12.2 Å². The molecule has 0 aliphatic heterocycles. The molecule has 0 saturated heterocycles. The van der Waals surface area contributed by atoms with Crippen molar-refractivity contribution in [2.45, 2.75) is 34.1 Å². The monoisotopic (exact) mass is 2920 g/mol. The van der Waals surface area contributed by atoms with E-state index in [0.717, 1.165) is 5.92 Å². The molecule has 0 amide bonds. The summed E-state index contributed by atoms with van der Waals surface area (Å²) in [5.74, 6) is 1.43. The molecule has 1 aliphatic rings. The van der Waals surface area contributed by atoms with Crippen LogP contribution in [0.4, 0.5) is 0 Å². The van der Waals surface area contributed by atoms with Gasteiger partial charge in [-0.3, -0.25) is 0 Å². The molecule has 0 nitrogen and oxygen atoms in total. The molecule has 0 atom stereocenters. The van der Waals surface area contributed by atoms with Crippen LogP contribution in [0.25, 0.3) is 0 Å². The van der Waals surface area contributed by atoms with Crippen molar-refractivity contribution in [3.8, 4) is 0 Å². The van der Waals surface area contributed by atoms with Crippen LogP contribution in [0.1, 0.15) is 34.1 Å². The van der Waals surface area contributed by atoms with E-state index in [1.807, 2.05) is 0 Å². The Morgan fingerprint density at radius 2 is 0.963 bits per heavy atom. The molecule has 0 radical (unpaired) electrons. The number of hydrogen-bond acceptors (Lipinski definition) is 0. The van der Waals surface area contributed by atoms with Gasteiger partial charge in [-0.2, -0.15) is 0 Å². The molecule has 0 unspecified atom stereocenters. The van der Waals surface area contributed by atoms with Crippen LogP contribution in [0.15, 0.2) is 11.6 Å². The van der Waals surface area contributed by atoms with E-state index in [9.17, 15) is 0 Å². The van der Waals surface area contributed by atoms with Gasteiger partial charge in [-0.25, -0.2) is 0 Å². The van der Waals surface area contributed by atoms with Gasteiger partial charge in [0.2, 0.25) is 0 Å². The number of allylic oxidation sites excluding steroid dienone is 2. The normalized spacial score (nSPS) is 8.44. The van der Waals surface area contributed by atoms with Gasteiger partial charge < -0.3 is 0 Å². The Balaban J connectivity index is -0.00000000980. The first-order chi connectivity index (χ1) is 6.88. The summed E-state index contributed by atoms with van der Waals surface area (Å²) in [5.41, 5.74) is 1.63. The molecule has 1 rings (SSSR count). The molecule has 0 spiro atoms. The fraction of sp³-hybridized carbons (Fsp3) is 0.583. The predicted octanol–water partition coefficient (Wildman–Crippen LogP) is 2.25. The second-order valence-corrected chi connectivity index (χ2v) is 8.31. The SMILES string of the molecule is CC(C)C1=C[C](=[W])[C](=[W])C1.CC(C)[C-]=[W].[W].[W].[W].[W].[W].[W].[W].[W].[W].[W].[W].[W]. The molecule has 0 heterocycles. The van der Waals surface area contributed by atoms with Gasteiger partial charge in [0, 0.05) is 253 Å². The van der Waals surface area contributed by atoms with Crippen LogP contribution in [0.5, 0.6) is 0 Å². The fourth-order valence-corrected chi connectivity index (χ4v) is 2.56. The summed E-state index contributed by atoms with van der Waals surface area (Å²) in [6, 6.07) is 0. The van der Waals surface area contributed by atoms with Crippen molar-refractivity contribution in [1.82, 2.24) is 0 Å². The van der Waals surface area contributed by atoms with Crippen molar-refractivity contribution in [3.63, 3.8) is 0 Å². The average molecular weight is 2920 g/mol. The summed E-state index contributed by atoms with van der Waals surface area (Å²) in [5, 5.41) is 0. The molecule has 156 valence electrons. The van der Waals surface area contributed by atoms with Crippen molar-refractivity contribution in [2.24, 2.45) is 11.8 Å². The summed E-state index contributed by atoms with van der Waals surface area (Å²) < 4.78 is 6.37. The first kappa shape index (κ1) is 83.3. The molecule has 0 N–H and O–H groups in total. The van der Waals surface area contributed by atoms with Gasteiger partial charge in [0.15, 0.2) is 0 Å². The molecular weight excluding hydrogens is 2900 g/mol. The average Bonchev–Trinajstić information content (AvgIpc) is 2.48. The van der Waals surface area contributed by atoms with E-state index in [0.29, 0.717) is 5.92 Å². The van der Waals surface area contributed by atoms with E-state index in [-0.39, 0.29) is 253 Å². The van der Waals surface area contributed by atoms with Crippen LogP contribution < -0.4 is 0 Å². The molecule has 15 heteroatoms. The maximum absolute atomic E-state index is 3.11. The second kappa shape index (κ2) is 56.0. The smallest absolute Gasteiger partial charge is 0 e. The fourth-order valence-electron chi connectivity index (χ4n) is 0.943. The zero-order valence-electron chi connectivity index (χ0n) is 14.6. The van der Waals surface area contributed by atoms with Crippen LogP contribution >= 0.6 is 0 Å². The largest absolute Gasteiger partial charge is 0 e. The summed E-state index contributed by atoms with van der Waals surface area (Å²) in [6.45, 7) is 8.82. The summed E-state index contributed by atoms with van der Waals surface area (Å²) in [7, 11) is 0. The summed E-state index contributed by atoms with van der Waals surface area (Å²) >= 11 is 4.75. The second-order valence-electron chi connectivity index (χ2n) is 4.11. The maximum Gasteiger partial charge on any atom is 0 e. The Kier molecular flexibility index (Phi) is 173. The van der Waals surface area contributed by atoms with Gasteiger partial charge in [0.25, 0.3) is 0 Å². The van der Waals surface area contributed by atoms with Gasteiger partial charge in [-0.1, -0.05) is 0 Å². The third-order valence-electron chi connectivity index (χ3n) is 1.93. The first-order valence-corrected chi connectivity index (χ1v) is 9.43. The molecular formula is C12H17W15-. The van der Waals surface area contributed by atoms with E-state index in [4.69, 9.17) is 0 Å². The first-order valence-electron chi connectivity index (χ1n) is 5.03. The summed E-state index contributed by atoms with van der Waals surface area (Å²) in [6.07, 6.45) is 3.66. The number of rotatable bonds is 2. The standard InChI is InChI=1S/C8H10.C4H7.15W/c1-7(2)8-5-3-4-6-8;1-4(2)3;;;;;;;;;;;;;;;/h5,7H,6H2,1-2H3;4H,1-2H3;;;;;;;;;;;;;;;/q;-1;;;;;;;;;;;;;;;. The van der Waals surface area contributed by atoms with Crippen LogP contribution in [0.3, 0.4) is 0 Å². The predicted molar refractivity (Wildman–Crippen MR) is 57.4 cm³/mol. The van der Waals surface area contributed by atoms with E-state index < -0.39 is 0 Å². The van der Waals surface area contributed by atoms with Crippen molar-refractivity contribution in [3.05, 3.63) is 11.6 Å². The zero-order valence-corrected chi connectivity index (χ0v) is 58.6. The molecule has 27 heavy (non-hydrogen) atoms. The third-order valence-corrected chi connectivity index (χ3v) is 8.26. The third kappa shape index (κ3) is 52.8.